The minimum absolute atomic E-state index is 0.0409. The van der Waals surface area contributed by atoms with Gasteiger partial charge in [-0.25, -0.2) is 0 Å². The summed E-state index contributed by atoms with van der Waals surface area (Å²) < 4.78 is 17.1. The molecule has 0 aliphatic carbocycles. The molecule has 0 aromatic rings. The van der Waals surface area contributed by atoms with E-state index in [9.17, 15) is 0 Å². The van der Waals surface area contributed by atoms with E-state index in [1.807, 2.05) is 6.92 Å². The van der Waals surface area contributed by atoms with Crippen molar-refractivity contribution < 1.29 is 23.5 Å². The summed E-state index contributed by atoms with van der Waals surface area (Å²) in [4.78, 5) is 0. The maximum Gasteiger partial charge on any atom is 0.501 e. The molecule has 6 heteroatoms. The Bertz CT molecular complexity index is 196. The van der Waals surface area contributed by atoms with Crippen molar-refractivity contribution in [3.05, 3.63) is 0 Å². The largest absolute Gasteiger partial charge is 0.501 e. The summed E-state index contributed by atoms with van der Waals surface area (Å²) in [5.74, 6) is 0. The van der Waals surface area contributed by atoms with Crippen LogP contribution in [0.25, 0.3) is 0 Å². The maximum atomic E-state index is 8.93. The lowest BCUT2D eigenvalue weighted by Crippen LogP contribution is -2.47. The van der Waals surface area contributed by atoms with Gasteiger partial charge < -0.3 is 23.5 Å². The molecule has 0 heterocycles. The van der Waals surface area contributed by atoms with Crippen LogP contribution in [-0.2, 0) is 13.3 Å². The number of hydrogen-bond acceptors (Lipinski definition) is 5. The zero-order valence-electron chi connectivity index (χ0n) is 13.1. The molecule has 5 nitrogen and oxygen atoms in total. The number of rotatable bonds is 15. The molecule has 0 bridgehead atoms. The Kier molecular flexibility index (Phi) is 14.0. The van der Waals surface area contributed by atoms with Crippen molar-refractivity contribution in [2.45, 2.75) is 58.4 Å². The molecule has 0 aromatic carbocycles. The first-order valence-electron chi connectivity index (χ1n) is 7.88. The predicted molar refractivity (Wildman–Crippen MR) is 81.6 cm³/mol. The van der Waals surface area contributed by atoms with Gasteiger partial charge in [0.25, 0.3) is 0 Å². The van der Waals surface area contributed by atoms with Crippen LogP contribution in [0.5, 0.6) is 0 Å². The summed E-state index contributed by atoms with van der Waals surface area (Å²) >= 11 is 0. The molecule has 0 saturated heterocycles. The van der Waals surface area contributed by atoms with Gasteiger partial charge in [-0.2, -0.15) is 0 Å². The van der Waals surface area contributed by atoms with E-state index in [0.29, 0.717) is 6.61 Å². The SMILES string of the molecule is CCCCCCCC[Si](OCC)(OCCO)OCCO. The quantitative estimate of drug-likeness (QED) is 0.359. The first-order valence-corrected chi connectivity index (χ1v) is 9.81. The number of unbranched alkanes of at least 4 members (excludes halogenated alkanes) is 5. The molecule has 0 rings (SSSR count). The summed E-state index contributed by atoms with van der Waals surface area (Å²) in [5.41, 5.74) is 0. The average Bonchev–Trinajstić information content (AvgIpc) is 2.46. The van der Waals surface area contributed by atoms with Gasteiger partial charge in [-0.15, -0.1) is 0 Å². The smallest absolute Gasteiger partial charge is 0.394 e. The second kappa shape index (κ2) is 14.0. The normalized spacial score (nSPS) is 12.0. The van der Waals surface area contributed by atoms with Crippen molar-refractivity contribution in [1.82, 2.24) is 0 Å². The second-order valence-electron chi connectivity index (χ2n) is 4.78. The molecule has 0 aliphatic rings. The molecule has 0 atom stereocenters. The fraction of sp³-hybridized carbons (Fsp3) is 1.00. The first kappa shape index (κ1) is 20.0. The topological polar surface area (TPSA) is 68.2 Å². The maximum absolute atomic E-state index is 8.93. The third-order valence-electron chi connectivity index (χ3n) is 3.03. The van der Waals surface area contributed by atoms with Crippen LogP contribution in [0.15, 0.2) is 0 Å². The highest BCUT2D eigenvalue weighted by Gasteiger charge is 2.40. The van der Waals surface area contributed by atoms with Crippen LogP contribution >= 0.6 is 0 Å². The van der Waals surface area contributed by atoms with Gasteiger partial charge in [0.1, 0.15) is 0 Å². The van der Waals surface area contributed by atoms with E-state index >= 15 is 0 Å². The van der Waals surface area contributed by atoms with Gasteiger partial charge in [0.15, 0.2) is 0 Å². The molecule has 0 saturated carbocycles. The van der Waals surface area contributed by atoms with Crippen LogP contribution in [0.3, 0.4) is 0 Å². The highest BCUT2D eigenvalue weighted by Crippen LogP contribution is 2.20. The van der Waals surface area contributed by atoms with Gasteiger partial charge in [0.2, 0.25) is 0 Å². The highest BCUT2D eigenvalue weighted by atomic mass is 28.4. The van der Waals surface area contributed by atoms with Gasteiger partial charge in [-0.3, -0.25) is 0 Å². The van der Waals surface area contributed by atoms with Gasteiger partial charge in [0.05, 0.1) is 26.4 Å². The summed E-state index contributed by atoms with van der Waals surface area (Å²) in [6.07, 6.45) is 7.19. The van der Waals surface area contributed by atoms with Crippen molar-refractivity contribution in [1.29, 1.82) is 0 Å². The summed E-state index contributed by atoms with van der Waals surface area (Å²) in [6.45, 7) is 5.02. The van der Waals surface area contributed by atoms with Crippen LogP contribution in [0.2, 0.25) is 6.04 Å². The summed E-state index contributed by atoms with van der Waals surface area (Å²) in [5, 5.41) is 17.9. The van der Waals surface area contributed by atoms with E-state index in [0.717, 1.165) is 18.9 Å². The van der Waals surface area contributed by atoms with Crippen molar-refractivity contribution in [2.75, 3.05) is 33.0 Å². The lowest BCUT2D eigenvalue weighted by Gasteiger charge is -2.29. The minimum atomic E-state index is -2.73. The van der Waals surface area contributed by atoms with Gasteiger partial charge in [-0.1, -0.05) is 39.0 Å². The molecule has 0 unspecified atom stereocenters. The molecular formula is C14H32O5Si. The Balaban J connectivity index is 4.17. The van der Waals surface area contributed by atoms with Crippen molar-refractivity contribution >= 4 is 8.80 Å². The molecule has 0 aromatic heterocycles. The number of aliphatic hydroxyl groups is 2. The Hall–Kier alpha value is 0.0169. The monoisotopic (exact) mass is 308 g/mol. The van der Waals surface area contributed by atoms with Crippen LogP contribution in [0.4, 0.5) is 0 Å². The summed E-state index contributed by atoms with van der Waals surface area (Å²) in [7, 11) is -2.73. The van der Waals surface area contributed by atoms with Crippen LogP contribution in [-0.4, -0.2) is 52.1 Å². The van der Waals surface area contributed by atoms with Gasteiger partial charge >= 0.3 is 8.80 Å². The van der Waals surface area contributed by atoms with E-state index < -0.39 is 8.80 Å². The van der Waals surface area contributed by atoms with Crippen molar-refractivity contribution in [2.24, 2.45) is 0 Å². The molecule has 122 valence electrons. The molecule has 0 fully saturated rings. The van der Waals surface area contributed by atoms with Crippen molar-refractivity contribution in [3.63, 3.8) is 0 Å². The lowest BCUT2D eigenvalue weighted by atomic mass is 10.1. The van der Waals surface area contributed by atoms with E-state index in [4.69, 9.17) is 23.5 Å². The summed E-state index contributed by atoms with van der Waals surface area (Å²) in [6, 6.07) is 0.757. The van der Waals surface area contributed by atoms with Gasteiger partial charge in [0, 0.05) is 12.7 Å². The fourth-order valence-corrected chi connectivity index (χ4v) is 4.70. The molecule has 2 N–H and O–H groups in total. The van der Waals surface area contributed by atoms with E-state index in [-0.39, 0.29) is 26.4 Å². The number of aliphatic hydroxyl groups excluding tert-OH is 2. The first-order chi connectivity index (χ1) is 9.74. The Labute approximate surface area is 124 Å². The van der Waals surface area contributed by atoms with Crippen LogP contribution < -0.4 is 0 Å². The van der Waals surface area contributed by atoms with Crippen LogP contribution in [0.1, 0.15) is 52.4 Å². The average molecular weight is 308 g/mol. The zero-order chi connectivity index (χ0) is 15.1. The molecule has 0 radical (unpaired) electrons. The number of hydrogen-bond donors (Lipinski definition) is 2. The minimum Gasteiger partial charge on any atom is -0.394 e. The van der Waals surface area contributed by atoms with E-state index in [1.54, 1.807) is 0 Å². The fourth-order valence-electron chi connectivity index (χ4n) is 2.09. The highest BCUT2D eigenvalue weighted by molar-refractivity contribution is 6.60. The van der Waals surface area contributed by atoms with Gasteiger partial charge in [-0.05, 0) is 13.3 Å². The molecule has 0 spiro atoms. The third kappa shape index (κ3) is 9.85. The lowest BCUT2D eigenvalue weighted by molar-refractivity contribution is 0.0390. The third-order valence-corrected chi connectivity index (χ3v) is 6.01. The van der Waals surface area contributed by atoms with E-state index in [1.165, 1.54) is 25.7 Å². The second-order valence-corrected chi connectivity index (χ2v) is 7.51. The molecule has 20 heavy (non-hydrogen) atoms. The Morgan fingerprint density at radius 3 is 1.80 bits per heavy atom. The van der Waals surface area contributed by atoms with Crippen molar-refractivity contribution in [3.8, 4) is 0 Å². The zero-order valence-corrected chi connectivity index (χ0v) is 14.1. The molecule has 0 aliphatic heterocycles. The predicted octanol–water partition coefficient (Wildman–Crippen LogP) is 2.34. The standard InChI is InChI=1S/C14H32O5Si/c1-3-5-6-7-8-9-14-20(17-4-2,18-12-10-15)19-13-11-16/h15-16H,3-14H2,1-2H3. The van der Waals surface area contributed by atoms with E-state index in [2.05, 4.69) is 6.92 Å². The Morgan fingerprint density at radius 1 is 0.750 bits per heavy atom. The van der Waals surface area contributed by atoms with Crippen LogP contribution in [0, 0.1) is 0 Å². The molecule has 0 amide bonds. The Morgan fingerprint density at radius 2 is 1.30 bits per heavy atom. The molecular weight excluding hydrogens is 276 g/mol.